The van der Waals surface area contributed by atoms with E-state index in [2.05, 4.69) is 41.4 Å². The number of nitrogens with zero attached hydrogens (tertiary/aromatic N) is 2. The molecular weight excluding hydrogens is 274 g/mol. The number of fused-ring (bicyclic) bond motifs is 1. The van der Waals surface area contributed by atoms with E-state index in [0.717, 1.165) is 44.9 Å². The van der Waals surface area contributed by atoms with Crippen LogP contribution in [0, 0.1) is 0 Å². The van der Waals surface area contributed by atoms with Gasteiger partial charge in [-0.25, -0.2) is 0 Å². The molecule has 2 N–H and O–H groups in total. The Bertz CT molecular complexity index is 509. The van der Waals surface area contributed by atoms with E-state index < -0.39 is 5.60 Å². The van der Waals surface area contributed by atoms with Crippen LogP contribution in [-0.4, -0.2) is 41.2 Å². The second kappa shape index (κ2) is 7.63. The Hall–Kier alpha value is -1.55. The summed E-state index contributed by atoms with van der Waals surface area (Å²) in [6, 6.07) is 8.61. The van der Waals surface area contributed by atoms with E-state index in [9.17, 15) is 5.11 Å². The minimum Gasteiger partial charge on any atom is -0.388 e. The first kappa shape index (κ1) is 16.8. The lowest BCUT2D eigenvalue weighted by atomic mass is 9.98. The van der Waals surface area contributed by atoms with Crippen molar-refractivity contribution in [3.8, 4) is 0 Å². The summed E-state index contributed by atoms with van der Waals surface area (Å²) in [5, 5.41) is 13.8. The SMILES string of the molecule is CCNC(=NCC(O)(CC)CC)N1CCc2ccccc2C1. The van der Waals surface area contributed by atoms with Gasteiger partial charge in [-0.05, 0) is 37.3 Å². The number of aliphatic hydroxyl groups is 1. The third-order valence-electron chi connectivity index (χ3n) is 4.60. The fourth-order valence-electron chi connectivity index (χ4n) is 2.80. The molecule has 22 heavy (non-hydrogen) atoms. The van der Waals surface area contributed by atoms with Crippen molar-refractivity contribution >= 4 is 5.96 Å². The average molecular weight is 303 g/mol. The molecule has 0 spiro atoms. The smallest absolute Gasteiger partial charge is 0.194 e. The quantitative estimate of drug-likeness (QED) is 0.649. The maximum absolute atomic E-state index is 10.4. The van der Waals surface area contributed by atoms with Crippen LogP contribution in [0.15, 0.2) is 29.3 Å². The van der Waals surface area contributed by atoms with Gasteiger partial charge in [-0.3, -0.25) is 4.99 Å². The Morgan fingerprint density at radius 1 is 1.23 bits per heavy atom. The summed E-state index contributed by atoms with van der Waals surface area (Å²) in [4.78, 5) is 6.99. The third kappa shape index (κ3) is 4.01. The maximum Gasteiger partial charge on any atom is 0.194 e. The van der Waals surface area contributed by atoms with Crippen molar-refractivity contribution in [2.45, 2.75) is 52.2 Å². The monoisotopic (exact) mass is 303 g/mol. The molecule has 0 unspecified atom stereocenters. The standard InChI is InChI=1S/C18H29N3O/c1-4-18(22,5-2)14-20-17(19-6-3)21-12-11-15-9-7-8-10-16(15)13-21/h7-10,22H,4-6,11-14H2,1-3H3,(H,19,20). The van der Waals surface area contributed by atoms with Crippen LogP contribution < -0.4 is 5.32 Å². The van der Waals surface area contributed by atoms with E-state index in [1.807, 2.05) is 13.8 Å². The van der Waals surface area contributed by atoms with Crippen LogP contribution in [0.1, 0.15) is 44.7 Å². The number of guanidine groups is 1. The molecule has 4 nitrogen and oxygen atoms in total. The molecule has 4 heteroatoms. The fourth-order valence-corrected chi connectivity index (χ4v) is 2.80. The normalized spacial score (nSPS) is 15.6. The van der Waals surface area contributed by atoms with E-state index in [-0.39, 0.29) is 0 Å². The lowest BCUT2D eigenvalue weighted by Gasteiger charge is -2.32. The minimum absolute atomic E-state index is 0.459. The van der Waals surface area contributed by atoms with E-state index >= 15 is 0 Å². The molecule has 0 saturated carbocycles. The number of hydrogen-bond acceptors (Lipinski definition) is 2. The molecule has 2 rings (SSSR count). The lowest BCUT2D eigenvalue weighted by Crippen LogP contribution is -2.45. The third-order valence-corrected chi connectivity index (χ3v) is 4.60. The number of aliphatic imine (C=N–C) groups is 1. The van der Waals surface area contributed by atoms with Gasteiger partial charge in [-0.1, -0.05) is 38.1 Å². The Balaban J connectivity index is 2.12. The van der Waals surface area contributed by atoms with Gasteiger partial charge in [-0.2, -0.15) is 0 Å². The van der Waals surface area contributed by atoms with E-state index in [0.29, 0.717) is 6.54 Å². The van der Waals surface area contributed by atoms with Gasteiger partial charge in [0.2, 0.25) is 0 Å². The Kier molecular flexibility index (Phi) is 5.83. The summed E-state index contributed by atoms with van der Waals surface area (Å²) in [5.41, 5.74) is 2.13. The number of hydrogen-bond donors (Lipinski definition) is 2. The molecule has 122 valence electrons. The zero-order chi connectivity index (χ0) is 16.0. The van der Waals surface area contributed by atoms with E-state index in [1.165, 1.54) is 11.1 Å². The number of nitrogens with one attached hydrogen (secondary N) is 1. The van der Waals surface area contributed by atoms with Crippen molar-refractivity contribution in [1.82, 2.24) is 10.2 Å². The first-order chi connectivity index (χ1) is 10.6. The molecule has 0 aliphatic carbocycles. The van der Waals surface area contributed by atoms with Crippen LogP contribution in [0.5, 0.6) is 0 Å². The predicted octanol–water partition coefficient (Wildman–Crippen LogP) is 2.56. The van der Waals surface area contributed by atoms with Crippen LogP contribution in [0.4, 0.5) is 0 Å². The Morgan fingerprint density at radius 3 is 2.55 bits per heavy atom. The largest absolute Gasteiger partial charge is 0.388 e. The molecule has 0 amide bonds. The summed E-state index contributed by atoms with van der Waals surface area (Å²) in [5.74, 6) is 0.914. The van der Waals surface area contributed by atoms with Gasteiger partial charge in [0.15, 0.2) is 5.96 Å². The van der Waals surface area contributed by atoms with Gasteiger partial charge in [0.05, 0.1) is 12.1 Å². The first-order valence-corrected chi connectivity index (χ1v) is 8.44. The van der Waals surface area contributed by atoms with Crippen LogP contribution in [0.25, 0.3) is 0 Å². The number of benzene rings is 1. The Labute approximate surface area is 134 Å². The highest BCUT2D eigenvalue weighted by atomic mass is 16.3. The highest BCUT2D eigenvalue weighted by molar-refractivity contribution is 5.80. The van der Waals surface area contributed by atoms with Crippen molar-refractivity contribution in [3.05, 3.63) is 35.4 Å². The highest BCUT2D eigenvalue weighted by Gasteiger charge is 2.23. The summed E-state index contributed by atoms with van der Waals surface area (Å²) < 4.78 is 0. The summed E-state index contributed by atoms with van der Waals surface area (Å²) in [6.07, 6.45) is 2.51. The van der Waals surface area contributed by atoms with Crippen LogP contribution in [0.3, 0.4) is 0 Å². The fraction of sp³-hybridized carbons (Fsp3) is 0.611. The lowest BCUT2D eigenvalue weighted by molar-refractivity contribution is 0.0415. The van der Waals surface area contributed by atoms with Crippen molar-refractivity contribution in [1.29, 1.82) is 0 Å². The summed E-state index contributed by atoms with van der Waals surface area (Å²) in [7, 11) is 0. The molecule has 1 aromatic carbocycles. The zero-order valence-corrected chi connectivity index (χ0v) is 14.1. The predicted molar refractivity (Wildman–Crippen MR) is 92.1 cm³/mol. The molecule has 1 aliphatic rings. The van der Waals surface area contributed by atoms with Crippen molar-refractivity contribution < 1.29 is 5.11 Å². The second-order valence-electron chi connectivity index (χ2n) is 6.04. The molecule has 0 fully saturated rings. The van der Waals surface area contributed by atoms with Crippen LogP contribution in [-0.2, 0) is 13.0 Å². The second-order valence-corrected chi connectivity index (χ2v) is 6.04. The molecule has 0 radical (unpaired) electrons. The maximum atomic E-state index is 10.4. The van der Waals surface area contributed by atoms with Gasteiger partial charge < -0.3 is 15.3 Å². The van der Waals surface area contributed by atoms with E-state index in [1.54, 1.807) is 0 Å². The van der Waals surface area contributed by atoms with Crippen LogP contribution >= 0.6 is 0 Å². The molecule has 1 aliphatic heterocycles. The van der Waals surface area contributed by atoms with Crippen molar-refractivity contribution in [3.63, 3.8) is 0 Å². The average Bonchev–Trinajstić information content (AvgIpc) is 2.58. The zero-order valence-electron chi connectivity index (χ0n) is 14.1. The summed E-state index contributed by atoms with van der Waals surface area (Å²) in [6.45, 7) is 9.28. The van der Waals surface area contributed by atoms with Crippen molar-refractivity contribution in [2.75, 3.05) is 19.6 Å². The molecular formula is C18H29N3O. The molecule has 0 saturated heterocycles. The molecule has 0 bridgehead atoms. The van der Waals surface area contributed by atoms with Gasteiger partial charge in [-0.15, -0.1) is 0 Å². The number of rotatable bonds is 5. The van der Waals surface area contributed by atoms with Gasteiger partial charge >= 0.3 is 0 Å². The van der Waals surface area contributed by atoms with E-state index in [4.69, 9.17) is 4.99 Å². The topological polar surface area (TPSA) is 47.9 Å². The van der Waals surface area contributed by atoms with Gasteiger partial charge in [0.25, 0.3) is 0 Å². The molecule has 0 aromatic heterocycles. The summed E-state index contributed by atoms with van der Waals surface area (Å²) >= 11 is 0. The minimum atomic E-state index is -0.686. The molecule has 0 atom stereocenters. The van der Waals surface area contributed by atoms with Gasteiger partial charge in [0.1, 0.15) is 0 Å². The Morgan fingerprint density at radius 2 is 1.91 bits per heavy atom. The highest BCUT2D eigenvalue weighted by Crippen LogP contribution is 2.19. The molecule has 1 heterocycles. The van der Waals surface area contributed by atoms with Gasteiger partial charge in [0, 0.05) is 19.6 Å². The van der Waals surface area contributed by atoms with Crippen molar-refractivity contribution in [2.24, 2.45) is 4.99 Å². The first-order valence-electron chi connectivity index (χ1n) is 8.44. The van der Waals surface area contributed by atoms with Crippen LogP contribution in [0.2, 0.25) is 0 Å². The molecule has 1 aromatic rings.